The maximum atomic E-state index is 11.7. The van der Waals surface area contributed by atoms with E-state index in [4.69, 9.17) is 23.7 Å². The zero-order valence-electron chi connectivity index (χ0n) is 18.0. The second-order valence-electron chi connectivity index (χ2n) is 7.72. The lowest BCUT2D eigenvalue weighted by molar-refractivity contribution is -0.327. The smallest absolute Gasteiger partial charge is 0.335 e. The molecule has 0 radical (unpaired) electrons. The topological polar surface area (TPSA) is 173 Å². The van der Waals surface area contributed by atoms with Gasteiger partial charge in [-0.3, -0.25) is 4.79 Å². The lowest BCUT2D eigenvalue weighted by Gasteiger charge is -2.47. The Labute approximate surface area is 180 Å². The van der Waals surface area contributed by atoms with Crippen LogP contribution in [0.3, 0.4) is 0 Å². The van der Waals surface area contributed by atoms with Crippen molar-refractivity contribution in [2.45, 2.75) is 88.4 Å². The van der Waals surface area contributed by atoms with Gasteiger partial charge in [0.05, 0.1) is 18.8 Å². The second kappa shape index (κ2) is 11.5. The van der Waals surface area contributed by atoms with Crippen molar-refractivity contribution >= 4 is 11.9 Å². The van der Waals surface area contributed by atoms with Crippen LogP contribution in [0.25, 0.3) is 0 Å². The summed E-state index contributed by atoms with van der Waals surface area (Å²) >= 11 is 0. The summed E-state index contributed by atoms with van der Waals surface area (Å²) in [6.45, 7) is 5.40. The van der Waals surface area contributed by atoms with Gasteiger partial charge in [-0.05, 0) is 13.3 Å². The van der Waals surface area contributed by atoms with E-state index in [9.17, 15) is 30.0 Å². The summed E-state index contributed by atoms with van der Waals surface area (Å²) in [5.74, 6) is -1.83. The summed E-state index contributed by atoms with van der Waals surface area (Å²) in [5, 5.41) is 43.6. The molecule has 10 atom stereocenters. The predicted octanol–water partition coefficient (Wildman–Crippen LogP) is -2.00. The highest BCUT2D eigenvalue weighted by molar-refractivity contribution is 5.73. The van der Waals surface area contributed by atoms with Gasteiger partial charge in [-0.25, -0.2) is 4.79 Å². The molecule has 2 aliphatic rings. The van der Waals surface area contributed by atoms with Crippen molar-refractivity contribution < 1.29 is 53.7 Å². The quantitative estimate of drug-likeness (QED) is 0.245. The highest BCUT2D eigenvalue weighted by Gasteiger charge is 2.52. The highest BCUT2D eigenvalue weighted by Crippen LogP contribution is 2.30. The standard InChI is InChI=1S/C19H33NO11/c1-5-6-28-7-10-12(22)15(11(8(2)29-10)20-9(3)21)30-19-14(24)13(23)16(27-4)17(31-19)18(25)26/h8,10-17,19,22-24H,5-7H2,1-4H3,(H,20,21)(H,25,26). The maximum Gasteiger partial charge on any atom is 0.335 e. The Morgan fingerprint density at radius 2 is 1.74 bits per heavy atom. The molecule has 0 aromatic rings. The van der Waals surface area contributed by atoms with Crippen LogP contribution in [0, 0.1) is 0 Å². The van der Waals surface area contributed by atoms with Crippen LogP contribution in [0.1, 0.15) is 27.2 Å². The van der Waals surface area contributed by atoms with E-state index in [0.29, 0.717) is 6.61 Å². The van der Waals surface area contributed by atoms with Crippen LogP contribution in [-0.2, 0) is 33.3 Å². The lowest BCUT2D eigenvalue weighted by atomic mass is 9.92. The highest BCUT2D eigenvalue weighted by atomic mass is 16.7. The van der Waals surface area contributed by atoms with Crippen LogP contribution in [0.4, 0.5) is 0 Å². The average molecular weight is 451 g/mol. The Kier molecular flexibility index (Phi) is 9.58. The third-order valence-corrected chi connectivity index (χ3v) is 5.32. The fourth-order valence-electron chi connectivity index (χ4n) is 3.78. The van der Waals surface area contributed by atoms with Crippen molar-refractivity contribution in [3.8, 4) is 0 Å². The summed E-state index contributed by atoms with van der Waals surface area (Å²) < 4.78 is 27.3. The van der Waals surface area contributed by atoms with E-state index in [1.807, 2.05) is 6.92 Å². The Hall–Kier alpha value is -1.38. The average Bonchev–Trinajstić information content (AvgIpc) is 2.70. The summed E-state index contributed by atoms with van der Waals surface area (Å²) in [4.78, 5) is 23.2. The lowest BCUT2D eigenvalue weighted by Crippen LogP contribution is -2.67. The zero-order valence-corrected chi connectivity index (χ0v) is 18.0. The maximum absolute atomic E-state index is 11.7. The summed E-state index contributed by atoms with van der Waals surface area (Å²) in [6.07, 6.45) is -10.9. The molecular formula is C19H33NO11. The SMILES string of the molecule is CCCOCC1OC(C)C(NC(C)=O)C(OC2OC(C(=O)O)C(OC)C(O)C2O)C1O. The molecule has 12 nitrogen and oxygen atoms in total. The minimum Gasteiger partial charge on any atom is -0.479 e. The molecule has 1 amide bonds. The predicted molar refractivity (Wildman–Crippen MR) is 103 cm³/mol. The van der Waals surface area contributed by atoms with Crippen molar-refractivity contribution in [3.05, 3.63) is 0 Å². The van der Waals surface area contributed by atoms with E-state index in [0.717, 1.165) is 6.42 Å². The number of rotatable bonds is 9. The third-order valence-electron chi connectivity index (χ3n) is 5.32. The van der Waals surface area contributed by atoms with E-state index >= 15 is 0 Å². The molecule has 0 aromatic carbocycles. The van der Waals surface area contributed by atoms with Crippen LogP contribution >= 0.6 is 0 Å². The number of aliphatic carboxylic acids is 1. The van der Waals surface area contributed by atoms with E-state index in [1.165, 1.54) is 14.0 Å². The number of hydrogen-bond acceptors (Lipinski definition) is 10. The molecule has 2 fully saturated rings. The van der Waals surface area contributed by atoms with Crippen molar-refractivity contribution in [3.63, 3.8) is 0 Å². The molecule has 2 aliphatic heterocycles. The molecule has 5 N–H and O–H groups in total. The molecule has 180 valence electrons. The first kappa shape index (κ1) is 25.9. The van der Waals surface area contributed by atoms with Crippen LogP contribution in [0.5, 0.6) is 0 Å². The second-order valence-corrected chi connectivity index (χ2v) is 7.72. The Bertz CT molecular complexity index is 605. The first-order chi connectivity index (χ1) is 14.6. The van der Waals surface area contributed by atoms with Gasteiger partial charge in [0.2, 0.25) is 5.91 Å². The molecule has 0 spiro atoms. The molecule has 0 aromatic heterocycles. The summed E-state index contributed by atoms with van der Waals surface area (Å²) in [5.41, 5.74) is 0. The Morgan fingerprint density at radius 3 is 2.29 bits per heavy atom. The molecule has 31 heavy (non-hydrogen) atoms. The van der Waals surface area contributed by atoms with Crippen molar-refractivity contribution in [2.24, 2.45) is 0 Å². The van der Waals surface area contributed by atoms with Gasteiger partial charge < -0.3 is 49.4 Å². The van der Waals surface area contributed by atoms with Gasteiger partial charge in [0, 0.05) is 20.6 Å². The number of carboxylic acid groups (broad SMARTS) is 1. The van der Waals surface area contributed by atoms with E-state index in [-0.39, 0.29) is 6.61 Å². The molecule has 10 unspecified atom stereocenters. The molecule has 2 heterocycles. The third kappa shape index (κ3) is 6.11. The number of carboxylic acids is 1. The van der Waals surface area contributed by atoms with Gasteiger partial charge in [0.25, 0.3) is 0 Å². The van der Waals surface area contributed by atoms with Gasteiger partial charge in [-0.1, -0.05) is 6.92 Å². The number of methoxy groups -OCH3 is 1. The van der Waals surface area contributed by atoms with Crippen LogP contribution < -0.4 is 5.32 Å². The molecule has 2 rings (SSSR count). The Balaban J connectivity index is 2.24. The first-order valence-corrected chi connectivity index (χ1v) is 10.2. The number of amides is 1. The number of aliphatic hydroxyl groups is 3. The summed E-state index contributed by atoms with van der Waals surface area (Å²) in [6, 6.07) is -0.841. The number of ether oxygens (including phenoxy) is 5. The van der Waals surface area contributed by atoms with Crippen molar-refractivity contribution in [2.75, 3.05) is 20.3 Å². The minimum atomic E-state index is -1.67. The molecular weight excluding hydrogens is 418 g/mol. The van der Waals surface area contributed by atoms with E-state index in [2.05, 4.69) is 5.32 Å². The first-order valence-electron chi connectivity index (χ1n) is 10.2. The van der Waals surface area contributed by atoms with Crippen molar-refractivity contribution in [1.29, 1.82) is 0 Å². The van der Waals surface area contributed by atoms with Gasteiger partial charge in [0.15, 0.2) is 12.4 Å². The minimum absolute atomic E-state index is 0.0617. The monoisotopic (exact) mass is 451 g/mol. The van der Waals surface area contributed by atoms with Crippen molar-refractivity contribution in [1.82, 2.24) is 5.32 Å². The molecule has 0 saturated carbocycles. The van der Waals surface area contributed by atoms with Gasteiger partial charge in [-0.2, -0.15) is 0 Å². The molecule has 0 bridgehead atoms. The van der Waals surface area contributed by atoms with Gasteiger partial charge in [0.1, 0.15) is 36.6 Å². The zero-order chi connectivity index (χ0) is 23.3. The molecule has 0 aliphatic carbocycles. The number of nitrogens with one attached hydrogen (secondary N) is 1. The van der Waals surface area contributed by atoms with E-state index in [1.54, 1.807) is 6.92 Å². The molecule has 12 heteroatoms. The van der Waals surface area contributed by atoms with Gasteiger partial charge in [-0.15, -0.1) is 0 Å². The largest absolute Gasteiger partial charge is 0.479 e. The van der Waals surface area contributed by atoms with Crippen LogP contribution in [-0.4, -0.2) is 114 Å². The number of aliphatic hydroxyl groups excluding tert-OH is 3. The van der Waals surface area contributed by atoms with Crippen LogP contribution in [0.2, 0.25) is 0 Å². The van der Waals surface area contributed by atoms with Gasteiger partial charge >= 0.3 is 5.97 Å². The fourth-order valence-corrected chi connectivity index (χ4v) is 3.78. The van der Waals surface area contributed by atoms with Crippen LogP contribution in [0.15, 0.2) is 0 Å². The number of hydrogen-bond donors (Lipinski definition) is 5. The Morgan fingerprint density at radius 1 is 1.06 bits per heavy atom. The molecule has 2 saturated heterocycles. The van der Waals surface area contributed by atoms with E-state index < -0.39 is 73.0 Å². The normalized spacial score (nSPS) is 41.0. The summed E-state index contributed by atoms with van der Waals surface area (Å²) in [7, 11) is 1.18. The number of carbonyl (C=O) groups excluding carboxylic acids is 1. The number of carbonyl (C=O) groups is 2. The fraction of sp³-hybridized carbons (Fsp3) is 0.895.